The fourth-order valence-corrected chi connectivity index (χ4v) is 4.32. The number of nitrogens with two attached hydrogens (primary N) is 1. The third kappa shape index (κ3) is 3.22. The predicted octanol–water partition coefficient (Wildman–Crippen LogP) is 2.13. The lowest BCUT2D eigenvalue weighted by Crippen LogP contribution is -2.45. The third-order valence-corrected chi connectivity index (χ3v) is 5.64. The number of piperidine rings is 1. The molecule has 0 saturated carbocycles. The van der Waals surface area contributed by atoms with Crippen molar-refractivity contribution in [1.29, 1.82) is 0 Å². The summed E-state index contributed by atoms with van der Waals surface area (Å²) in [6, 6.07) is 2.93. The molecule has 1 aromatic rings. The first-order valence-electron chi connectivity index (χ1n) is 6.56. The third-order valence-electron chi connectivity index (χ3n) is 3.63. The van der Waals surface area contributed by atoms with E-state index in [0.717, 1.165) is 12.1 Å². The van der Waals surface area contributed by atoms with Crippen molar-refractivity contribution in [2.75, 3.05) is 13.1 Å². The highest BCUT2D eigenvalue weighted by Crippen LogP contribution is 2.35. The molecule has 8 heteroatoms. The van der Waals surface area contributed by atoms with E-state index in [4.69, 9.17) is 5.73 Å². The molecule has 21 heavy (non-hydrogen) atoms. The molecule has 0 radical (unpaired) electrons. The van der Waals surface area contributed by atoms with Crippen LogP contribution in [0.3, 0.4) is 0 Å². The number of alkyl halides is 3. The summed E-state index contributed by atoms with van der Waals surface area (Å²) >= 11 is 0. The quantitative estimate of drug-likeness (QED) is 0.907. The summed E-state index contributed by atoms with van der Waals surface area (Å²) in [7, 11) is -3.96. The Morgan fingerprint density at radius 2 is 2.00 bits per heavy atom. The number of sulfonamides is 1. The summed E-state index contributed by atoms with van der Waals surface area (Å²) in [4.78, 5) is -0.300. The SMILES string of the molecule is Cc1c(C(F)(F)F)cccc1S(=O)(=O)N1CCCC(N)C1. The van der Waals surface area contributed by atoms with Crippen LogP contribution in [-0.4, -0.2) is 31.9 Å². The molecule has 0 amide bonds. The molecule has 0 spiro atoms. The molecular weight excluding hydrogens is 305 g/mol. The zero-order valence-electron chi connectivity index (χ0n) is 11.5. The van der Waals surface area contributed by atoms with E-state index in [0.29, 0.717) is 12.8 Å². The monoisotopic (exact) mass is 322 g/mol. The van der Waals surface area contributed by atoms with Gasteiger partial charge in [-0.2, -0.15) is 17.5 Å². The van der Waals surface area contributed by atoms with Crippen molar-refractivity contribution in [3.63, 3.8) is 0 Å². The fraction of sp³-hybridized carbons (Fsp3) is 0.538. The first-order chi connectivity index (χ1) is 9.64. The van der Waals surface area contributed by atoms with Crippen LogP contribution in [0.1, 0.15) is 24.0 Å². The van der Waals surface area contributed by atoms with Crippen LogP contribution in [0.5, 0.6) is 0 Å². The lowest BCUT2D eigenvalue weighted by atomic mass is 10.1. The molecule has 0 aromatic heterocycles. The van der Waals surface area contributed by atoms with Crippen molar-refractivity contribution in [3.8, 4) is 0 Å². The molecule has 1 aliphatic heterocycles. The molecule has 4 nitrogen and oxygen atoms in total. The molecule has 2 N–H and O–H groups in total. The average molecular weight is 322 g/mol. The van der Waals surface area contributed by atoms with Crippen LogP contribution >= 0.6 is 0 Å². The molecular formula is C13H17F3N2O2S. The molecule has 1 fully saturated rings. The maximum Gasteiger partial charge on any atom is 0.416 e. The highest BCUT2D eigenvalue weighted by Gasteiger charge is 2.36. The van der Waals surface area contributed by atoms with Crippen molar-refractivity contribution in [2.45, 2.75) is 36.9 Å². The summed E-state index contributed by atoms with van der Waals surface area (Å²) in [6.07, 6.45) is -3.25. The van der Waals surface area contributed by atoms with Gasteiger partial charge >= 0.3 is 6.18 Å². The van der Waals surface area contributed by atoms with Crippen LogP contribution in [0.15, 0.2) is 23.1 Å². The predicted molar refractivity (Wildman–Crippen MR) is 72.1 cm³/mol. The molecule has 1 saturated heterocycles. The van der Waals surface area contributed by atoms with E-state index in [1.165, 1.54) is 17.3 Å². The molecule has 0 aliphatic carbocycles. The topological polar surface area (TPSA) is 63.4 Å². The van der Waals surface area contributed by atoms with Gasteiger partial charge in [0.2, 0.25) is 10.0 Å². The standard InChI is InChI=1S/C13H17F3N2O2S/c1-9-11(13(14,15)16)5-2-6-12(9)21(19,20)18-7-3-4-10(17)8-18/h2,5-6,10H,3-4,7-8,17H2,1H3. The van der Waals surface area contributed by atoms with Crippen molar-refractivity contribution in [2.24, 2.45) is 5.73 Å². The van der Waals surface area contributed by atoms with Gasteiger partial charge in [0.25, 0.3) is 0 Å². The summed E-state index contributed by atoms with van der Waals surface area (Å²) in [5.74, 6) is 0. The largest absolute Gasteiger partial charge is 0.416 e. The number of nitrogens with zero attached hydrogens (tertiary/aromatic N) is 1. The highest BCUT2D eigenvalue weighted by atomic mass is 32.2. The van der Waals surface area contributed by atoms with Crippen LogP contribution in [0.25, 0.3) is 0 Å². The Morgan fingerprint density at radius 3 is 2.57 bits per heavy atom. The molecule has 0 bridgehead atoms. The minimum Gasteiger partial charge on any atom is -0.327 e. The summed E-state index contributed by atoms with van der Waals surface area (Å²) < 4.78 is 64.9. The van der Waals surface area contributed by atoms with E-state index in [1.54, 1.807) is 0 Å². The van der Waals surface area contributed by atoms with Crippen LogP contribution in [0, 0.1) is 6.92 Å². The van der Waals surface area contributed by atoms with E-state index in [1.807, 2.05) is 0 Å². The maximum absolute atomic E-state index is 12.9. The Kier molecular flexibility index (Phi) is 4.32. The summed E-state index contributed by atoms with van der Waals surface area (Å²) in [5, 5.41) is 0. The molecule has 1 aromatic carbocycles. The van der Waals surface area contributed by atoms with E-state index in [9.17, 15) is 21.6 Å². The Morgan fingerprint density at radius 1 is 1.33 bits per heavy atom. The van der Waals surface area contributed by atoms with Gasteiger partial charge in [0.1, 0.15) is 0 Å². The summed E-state index contributed by atoms with van der Waals surface area (Å²) in [6.45, 7) is 1.60. The van der Waals surface area contributed by atoms with E-state index < -0.39 is 21.8 Å². The van der Waals surface area contributed by atoms with E-state index >= 15 is 0 Å². The number of rotatable bonds is 2. The van der Waals surface area contributed by atoms with Gasteiger partial charge in [-0.25, -0.2) is 8.42 Å². The first kappa shape index (κ1) is 16.3. The van der Waals surface area contributed by atoms with Crippen molar-refractivity contribution in [3.05, 3.63) is 29.3 Å². The second-order valence-electron chi connectivity index (χ2n) is 5.19. The number of hydrogen-bond donors (Lipinski definition) is 1. The van der Waals surface area contributed by atoms with Gasteiger partial charge in [0.15, 0.2) is 0 Å². The smallest absolute Gasteiger partial charge is 0.327 e. The lowest BCUT2D eigenvalue weighted by molar-refractivity contribution is -0.138. The second-order valence-corrected chi connectivity index (χ2v) is 7.10. The molecule has 118 valence electrons. The Labute approximate surface area is 121 Å². The van der Waals surface area contributed by atoms with E-state index in [-0.39, 0.29) is 29.6 Å². The molecule has 1 atom stereocenters. The van der Waals surface area contributed by atoms with Crippen LogP contribution in [0.2, 0.25) is 0 Å². The highest BCUT2D eigenvalue weighted by molar-refractivity contribution is 7.89. The zero-order valence-corrected chi connectivity index (χ0v) is 12.3. The number of benzene rings is 1. The zero-order chi connectivity index (χ0) is 15.8. The normalized spacial score (nSPS) is 21.5. The van der Waals surface area contributed by atoms with Crippen LogP contribution in [0.4, 0.5) is 13.2 Å². The number of hydrogen-bond acceptors (Lipinski definition) is 3. The van der Waals surface area contributed by atoms with Gasteiger partial charge in [-0.3, -0.25) is 0 Å². The van der Waals surface area contributed by atoms with Crippen molar-refractivity contribution in [1.82, 2.24) is 4.31 Å². The van der Waals surface area contributed by atoms with Crippen molar-refractivity contribution >= 4 is 10.0 Å². The summed E-state index contributed by atoms with van der Waals surface area (Å²) in [5.41, 5.74) is 4.55. The van der Waals surface area contributed by atoms with Gasteiger partial charge in [0.05, 0.1) is 10.5 Å². The van der Waals surface area contributed by atoms with Crippen LogP contribution < -0.4 is 5.73 Å². The lowest BCUT2D eigenvalue weighted by Gasteiger charge is -2.30. The van der Waals surface area contributed by atoms with Gasteiger partial charge in [0, 0.05) is 19.1 Å². The van der Waals surface area contributed by atoms with E-state index in [2.05, 4.69) is 0 Å². The maximum atomic E-state index is 12.9. The minimum atomic E-state index is -4.58. The van der Waals surface area contributed by atoms with Gasteiger partial charge in [-0.05, 0) is 37.5 Å². The Bertz CT molecular complexity index is 629. The Hall–Kier alpha value is -1.12. The Balaban J connectivity index is 2.46. The van der Waals surface area contributed by atoms with Crippen molar-refractivity contribution < 1.29 is 21.6 Å². The molecule has 1 heterocycles. The molecule has 1 unspecified atom stereocenters. The fourth-order valence-electron chi connectivity index (χ4n) is 2.53. The van der Waals surface area contributed by atoms with Gasteiger partial charge in [-0.1, -0.05) is 6.07 Å². The molecule has 2 rings (SSSR count). The van der Waals surface area contributed by atoms with Gasteiger partial charge in [-0.15, -0.1) is 0 Å². The van der Waals surface area contributed by atoms with Crippen LogP contribution in [-0.2, 0) is 16.2 Å². The number of halogens is 3. The average Bonchev–Trinajstić information content (AvgIpc) is 2.37. The molecule has 1 aliphatic rings. The second kappa shape index (κ2) is 5.58. The minimum absolute atomic E-state index is 0.137. The van der Waals surface area contributed by atoms with Gasteiger partial charge < -0.3 is 5.73 Å². The first-order valence-corrected chi connectivity index (χ1v) is 8.00.